The molecule has 76 valence electrons. The maximum absolute atomic E-state index is 12.8. The van der Waals surface area contributed by atoms with Crippen LogP contribution >= 0.6 is 22.6 Å². The molecule has 0 aliphatic rings. The van der Waals surface area contributed by atoms with E-state index in [1.165, 1.54) is 12.1 Å². The Bertz CT molecular complexity index is 357. The summed E-state index contributed by atoms with van der Waals surface area (Å²) >= 11 is 2.00. The fourth-order valence-electron chi connectivity index (χ4n) is 1.10. The largest absolute Gasteiger partial charge is 0.481 e. The smallest absolute Gasteiger partial charge is 0.305 e. The molecule has 0 radical (unpaired) electrons. The normalized spacial score (nSPS) is 12.5. The highest BCUT2D eigenvalue weighted by molar-refractivity contribution is 14.1. The zero-order valence-corrected chi connectivity index (χ0v) is 9.36. The minimum atomic E-state index is -0.988. The molecule has 0 amide bonds. The van der Waals surface area contributed by atoms with Crippen molar-refractivity contribution in [3.8, 4) is 0 Å². The van der Waals surface area contributed by atoms with Crippen molar-refractivity contribution >= 4 is 28.6 Å². The van der Waals surface area contributed by atoms with Gasteiger partial charge in [-0.05, 0) is 46.4 Å². The van der Waals surface area contributed by atoms with E-state index in [-0.39, 0.29) is 6.42 Å². The summed E-state index contributed by atoms with van der Waals surface area (Å²) in [5.74, 6) is -1.39. The predicted molar refractivity (Wildman–Crippen MR) is 58.3 cm³/mol. The number of aliphatic carboxylic acids is 1. The Hall–Kier alpha value is -0.690. The van der Waals surface area contributed by atoms with Crippen LogP contribution < -0.4 is 5.73 Å². The number of benzene rings is 1. The van der Waals surface area contributed by atoms with Crippen LogP contribution in [0.1, 0.15) is 18.0 Å². The predicted octanol–water partition coefficient (Wildman–Crippen LogP) is 1.90. The van der Waals surface area contributed by atoms with Gasteiger partial charge in [0.1, 0.15) is 5.82 Å². The van der Waals surface area contributed by atoms with E-state index in [0.717, 1.165) is 3.57 Å². The van der Waals surface area contributed by atoms with Crippen LogP contribution in [-0.2, 0) is 4.79 Å². The summed E-state index contributed by atoms with van der Waals surface area (Å²) in [6.07, 6.45) is -0.195. The second-order valence-corrected chi connectivity index (χ2v) is 4.03. The Morgan fingerprint density at radius 3 is 2.86 bits per heavy atom. The molecule has 0 spiro atoms. The molecule has 1 rings (SSSR count). The van der Waals surface area contributed by atoms with E-state index in [2.05, 4.69) is 0 Å². The van der Waals surface area contributed by atoms with Crippen LogP contribution in [0.2, 0.25) is 0 Å². The molecule has 5 heteroatoms. The first kappa shape index (κ1) is 11.4. The van der Waals surface area contributed by atoms with Gasteiger partial charge in [0, 0.05) is 9.61 Å². The maximum Gasteiger partial charge on any atom is 0.305 e. The number of hydrogen-bond acceptors (Lipinski definition) is 2. The van der Waals surface area contributed by atoms with Crippen molar-refractivity contribution in [2.45, 2.75) is 12.5 Å². The van der Waals surface area contributed by atoms with E-state index in [1.54, 1.807) is 6.07 Å². The molecular formula is C9H9FINO2. The molecule has 0 heterocycles. The zero-order valence-electron chi connectivity index (χ0n) is 7.21. The number of carboxylic acid groups (broad SMARTS) is 1. The molecular weight excluding hydrogens is 300 g/mol. The molecule has 1 atom stereocenters. The third-order valence-electron chi connectivity index (χ3n) is 1.75. The van der Waals surface area contributed by atoms with Crippen LogP contribution in [0.3, 0.4) is 0 Å². The molecule has 0 aliphatic carbocycles. The van der Waals surface area contributed by atoms with Crippen LogP contribution in [0.4, 0.5) is 4.39 Å². The Morgan fingerprint density at radius 1 is 1.64 bits per heavy atom. The highest BCUT2D eigenvalue weighted by atomic mass is 127. The highest BCUT2D eigenvalue weighted by Crippen LogP contribution is 2.21. The van der Waals surface area contributed by atoms with Crippen molar-refractivity contribution in [1.82, 2.24) is 0 Å². The second-order valence-electron chi connectivity index (χ2n) is 2.87. The minimum absolute atomic E-state index is 0.195. The van der Waals surface area contributed by atoms with Gasteiger partial charge in [0.2, 0.25) is 0 Å². The Morgan fingerprint density at radius 2 is 2.29 bits per heavy atom. The van der Waals surface area contributed by atoms with Gasteiger partial charge in [-0.3, -0.25) is 4.79 Å². The lowest BCUT2D eigenvalue weighted by Gasteiger charge is -2.11. The lowest BCUT2D eigenvalue weighted by Crippen LogP contribution is -2.16. The van der Waals surface area contributed by atoms with Crippen LogP contribution in [0.15, 0.2) is 18.2 Å². The van der Waals surface area contributed by atoms with E-state index in [0.29, 0.717) is 5.56 Å². The molecule has 0 bridgehead atoms. The van der Waals surface area contributed by atoms with Gasteiger partial charge >= 0.3 is 5.97 Å². The Kier molecular flexibility index (Phi) is 3.82. The van der Waals surface area contributed by atoms with Gasteiger partial charge in [-0.25, -0.2) is 4.39 Å². The molecule has 1 aromatic rings. The summed E-state index contributed by atoms with van der Waals surface area (Å²) in [5.41, 5.74) is 6.15. The Balaban J connectivity index is 2.93. The average molecular weight is 309 g/mol. The molecule has 0 aromatic heterocycles. The van der Waals surface area contributed by atoms with E-state index >= 15 is 0 Å². The van der Waals surface area contributed by atoms with Crippen molar-refractivity contribution in [2.75, 3.05) is 0 Å². The van der Waals surface area contributed by atoms with Gasteiger partial charge in [0.15, 0.2) is 0 Å². The quantitative estimate of drug-likeness (QED) is 0.838. The van der Waals surface area contributed by atoms with Gasteiger partial charge in [0.05, 0.1) is 6.42 Å². The minimum Gasteiger partial charge on any atom is -0.481 e. The van der Waals surface area contributed by atoms with E-state index < -0.39 is 17.8 Å². The average Bonchev–Trinajstić information content (AvgIpc) is 2.08. The number of carboxylic acids is 1. The molecule has 0 unspecified atom stereocenters. The molecule has 0 aliphatic heterocycles. The van der Waals surface area contributed by atoms with Crippen molar-refractivity contribution in [1.29, 1.82) is 0 Å². The third-order valence-corrected chi connectivity index (χ3v) is 2.73. The molecule has 1 aromatic carbocycles. The van der Waals surface area contributed by atoms with E-state index in [1.807, 2.05) is 22.6 Å². The van der Waals surface area contributed by atoms with Crippen molar-refractivity contribution < 1.29 is 14.3 Å². The standard InChI is InChI=1S/C9H9FINO2/c10-5-1-2-7(11)6(3-5)8(12)4-9(13)14/h1-3,8H,4,12H2,(H,13,14)/t8-/m1/s1. The highest BCUT2D eigenvalue weighted by Gasteiger charge is 2.14. The fourth-order valence-corrected chi connectivity index (χ4v) is 1.83. The van der Waals surface area contributed by atoms with E-state index in [4.69, 9.17) is 10.8 Å². The summed E-state index contributed by atoms with van der Waals surface area (Å²) in [5, 5.41) is 8.53. The lowest BCUT2D eigenvalue weighted by atomic mass is 10.1. The van der Waals surface area contributed by atoms with E-state index in [9.17, 15) is 9.18 Å². The maximum atomic E-state index is 12.8. The number of halogens is 2. The fraction of sp³-hybridized carbons (Fsp3) is 0.222. The van der Waals surface area contributed by atoms with Gasteiger partial charge in [0.25, 0.3) is 0 Å². The van der Waals surface area contributed by atoms with Crippen molar-refractivity contribution in [3.63, 3.8) is 0 Å². The number of hydrogen-bond donors (Lipinski definition) is 2. The van der Waals surface area contributed by atoms with Crippen LogP contribution in [0.5, 0.6) is 0 Å². The summed E-state index contributed by atoms with van der Waals surface area (Å²) < 4.78 is 13.6. The molecule has 0 saturated carbocycles. The first-order valence-corrected chi connectivity index (χ1v) is 5.01. The lowest BCUT2D eigenvalue weighted by molar-refractivity contribution is -0.137. The van der Waals surface area contributed by atoms with Crippen LogP contribution in [-0.4, -0.2) is 11.1 Å². The summed E-state index contributed by atoms with van der Waals surface area (Å²) in [6.45, 7) is 0. The SMILES string of the molecule is N[C@H](CC(=O)O)c1cc(F)ccc1I. The van der Waals surface area contributed by atoms with Crippen molar-refractivity contribution in [2.24, 2.45) is 5.73 Å². The molecule has 3 nitrogen and oxygen atoms in total. The molecule has 3 N–H and O–H groups in total. The Labute approximate surface area is 94.2 Å². The monoisotopic (exact) mass is 309 g/mol. The first-order chi connectivity index (χ1) is 6.50. The number of rotatable bonds is 3. The zero-order chi connectivity index (χ0) is 10.7. The van der Waals surface area contributed by atoms with Crippen molar-refractivity contribution in [3.05, 3.63) is 33.1 Å². The third kappa shape index (κ3) is 2.91. The topological polar surface area (TPSA) is 63.3 Å². The molecule has 0 saturated heterocycles. The number of carbonyl (C=O) groups is 1. The summed E-state index contributed by atoms with van der Waals surface area (Å²) in [7, 11) is 0. The summed E-state index contributed by atoms with van der Waals surface area (Å²) in [6, 6.07) is 3.51. The second kappa shape index (κ2) is 4.70. The first-order valence-electron chi connectivity index (χ1n) is 3.93. The van der Waals surface area contributed by atoms with Gasteiger partial charge in [-0.15, -0.1) is 0 Å². The van der Waals surface area contributed by atoms with Gasteiger partial charge < -0.3 is 10.8 Å². The molecule has 0 fully saturated rings. The number of nitrogens with two attached hydrogens (primary N) is 1. The van der Waals surface area contributed by atoms with Gasteiger partial charge in [-0.2, -0.15) is 0 Å². The van der Waals surface area contributed by atoms with Gasteiger partial charge in [-0.1, -0.05) is 0 Å². The van der Waals surface area contributed by atoms with Crippen LogP contribution in [0, 0.1) is 9.39 Å². The van der Waals surface area contributed by atoms with Crippen LogP contribution in [0.25, 0.3) is 0 Å². The molecule has 14 heavy (non-hydrogen) atoms. The summed E-state index contributed by atoms with van der Waals surface area (Å²) in [4.78, 5) is 10.4.